The van der Waals surface area contributed by atoms with Crippen molar-refractivity contribution in [3.05, 3.63) is 29.8 Å². The van der Waals surface area contributed by atoms with Crippen molar-refractivity contribution in [2.45, 2.75) is 26.1 Å². The fourth-order valence-electron chi connectivity index (χ4n) is 3.09. The zero-order valence-electron chi connectivity index (χ0n) is 15.1. The normalized spacial score (nSPS) is 21.7. The summed E-state index contributed by atoms with van der Waals surface area (Å²) < 4.78 is 44.6. The quantitative estimate of drug-likeness (QED) is 0.700. The number of carbonyl (C=O) groups excluding carboxylic acids is 1. The Bertz CT molecular complexity index is 681. The van der Waals surface area contributed by atoms with E-state index in [1.54, 1.807) is 6.07 Å². The number of nitrogens with zero attached hydrogens (tertiary/aromatic N) is 1. The van der Waals surface area contributed by atoms with Crippen molar-refractivity contribution in [2.75, 3.05) is 26.2 Å². The van der Waals surface area contributed by atoms with E-state index >= 15 is 0 Å². The number of likely N-dealkylation sites (tertiary alicyclic amines) is 1. The van der Waals surface area contributed by atoms with Gasteiger partial charge in [-0.1, -0.05) is 12.1 Å². The van der Waals surface area contributed by atoms with Crippen LogP contribution in [-0.2, 0) is 9.59 Å². The summed E-state index contributed by atoms with van der Waals surface area (Å²) in [5, 5.41) is 11.7. The first kappa shape index (κ1) is 21.0. The van der Waals surface area contributed by atoms with Crippen molar-refractivity contribution >= 4 is 11.9 Å². The van der Waals surface area contributed by atoms with E-state index in [1.165, 1.54) is 11.8 Å². The first-order chi connectivity index (χ1) is 12.6. The summed E-state index contributed by atoms with van der Waals surface area (Å²) in [5.41, 5.74) is 1.03. The van der Waals surface area contributed by atoms with E-state index in [2.05, 4.69) is 5.32 Å². The molecule has 0 spiro atoms. The largest absolute Gasteiger partial charge is 0.492 e. The van der Waals surface area contributed by atoms with Crippen molar-refractivity contribution in [2.24, 2.45) is 11.8 Å². The Morgan fingerprint density at radius 2 is 2.07 bits per heavy atom. The Kier molecular flexibility index (Phi) is 6.69. The molecule has 1 saturated heterocycles. The van der Waals surface area contributed by atoms with Gasteiger partial charge in [0.2, 0.25) is 5.91 Å². The molecule has 0 saturated carbocycles. The molecule has 0 aliphatic carbocycles. The molecular weight excluding hydrogens is 365 g/mol. The molecule has 6 nitrogen and oxygen atoms in total. The molecule has 27 heavy (non-hydrogen) atoms. The van der Waals surface area contributed by atoms with Gasteiger partial charge in [-0.05, 0) is 31.5 Å². The smallest absolute Gasteiger partial charge is 0.393 e. The molecular formula is C18H23F3N2O4. The number of aliphatic carboxylic acids is 1. The zero-order valence-corrected chi connectivity index (χ0v) is 15.1. The number of ether oxygens (including phenoxy) is 1. The van der Waals surface area contributed by atoms with Crippen LogP contribution in [0.5, 0.6) is 5.75 Å². The van der Waals surface area contributed by atoms with Crippen molar-refractivity contribution in [1.82, 2.24) is 10.2 Å². The summed E-state index contributed by atoms with van der Waals surface area (Å²) in [7, 11) is 0. The molecule has 1 aromatic rings. The molecule has 3 atom stereocenters. The number of halogens is 3. The van der Waals surface area contributed by atoms with Gasteiger partial charge in [-0.3, -0.25) is 14.5 Å². The van der Waals surface area contributed by atoms with Gasteiger partial charge in [0.05, 0.1) is 24.4 Å². The van der Waals surface area contributed by atoms with Crippen molar-refractivity contribution < 1.29 is 32.6 Å². The van der Waals surface area contributed by atoms with E-state index < -0.39 is 42.5 Å². The summed E-state index contributed by atoms with van der Waals surface area (Å²) in [6.45, 7) is 2.98. The van der Waals surface area contributed by atoms with Crippen molar-refractivity contribution in [3.8, 4) is 5.75 Å². The highest BCUT2D eigenvalue weighted by molar-refractivity contribution is 5.81. The van der Waals surface area contributed by atoms with Gasteiger partial charge in [-0.2, -0.15) is 13.2 Å². The number of carboxylic acids is 1. The highest BCUT2D eigenvalue weighted by Gasteiger charge is 2.53. The number of hydrogen-bond donors (Lipinski definition) is 2. The van der Waals surface area contributed by atoms with Crippen molar-refractivity contribution in [1.29, 1.82) is 0 Å². The highest BCUT2D eigenvalue weighted by Crippen LogP contribution is 2.38. The molecule has 2 rings (SSSR count). The van der Waals surface area contributed by atoms with Crippen molar-refractivity contribution in [3.63, 3.8) is 0 Å². The van der Waals surface area contributed by atoms with Gasteiger partial charge in [0, 0.05) is 13.1 Å². The molecule has 9 heteroatoms. The second-order valence-electron chi connectivity index (χ2n) is 6.68. The average Bonchev–Trinajstić information content (AvgIpc) is 3.04. The van der Waals surface area contributed by atoms with Gasteiger partial charge in [0.15, 0.2) is 0 Å². The van der Waals surface area contributed by atoms with Gasteiger partial charge in [0.1, 0.15) is 12.4 Å². The Balaban J connectivity index is 1.83. The Morgan fingerprint density at radius 3 is 2.63 bits per heavy atom. The third kappa shape index (κ3) is 5.59. The first-order valence-electron chi connectivity index (χ1n) is 8.60. The molecule has 1 fully saturated rings. The van der Waals surface area contributed by atoms with Gasteiger partial charge in [0.25, 0.3) is 0 Å². The molecule has 1 amide bonds. The van der Waals surface area contributed by atoms with Crippen LogP contribution in [0.25, 0.3) is 0 Å². The summed E-state index contributed by atoms with van der Waals surface area (Å²) in [5.74, 6) is -4.84. The minimum absolute atomic E-state index is 0.190. The summed E-state index contributed by atoms with van der Waals surface area (Å²) in [4.78, 5) is 24.6. The zero-order chi connectivity index (χ0) is 20.2. The lowest BCUT2D eigenvalue weighted by Crippen LogP contribution is -2.45. The number of alkyl halides is 3. The van der Waals surface area contributed by atoms with Crippen LogP contribution in [0.3, 0.4) is 0 Å². The second kappa shape index (κ2) is 8.60. The minimum Gasteiger partial charge on any atom is -0.492 e. The number of carboxylic acid groups (broad SMARTS) is 1. The average molecular weight is 388 g/mol. The van der Waals surface area contributed by atoms with Crippen LogP contribution in [0.15, 0.2) is 24.3 Å². The van der Waals surface area contributed by atoms with Gasteiger partial charge >= 0.3 is 12.1 Å². The first-order valence-corrected chi connectivity index (χ1v) is 8.60. The van der Waals surface area contributed by atoms with E-state index in [1.807, 2.05) is 25.1 Å². The maximum absolute atomic E-state index is 13.0. The molecule has 0 aromatic heterocycles. The van der Waals surface area contributed by atoms with Gasteiger partial charge in [-0.15, -0.1) is 0 Å². The van der Waals surface area contributed by atoms with Gasteiger partial charge in [-0.25, -0.2) is 0 Å². The van der Waals surface area contributed by atoms with Crippen LogP contribution >= 0.6 is 0 Å². The van der Waals surface area contributed by atoms with E-state index in [0.29, 0.717) is 5.75 Å². The van der Waals surface area contributed by atoms with E-state index in [4.69, 9.17) is 9.84 Å². The van der Waals surface area contributed by atoms with Gasteiger partial charge < -0.3 is 15.2 Å². The van der Waals surface area contributed by atoms with Crippen LogP contribution in [0.1, 0.15) is 12.5 Å². The molecule has 2 N–H and O–H groups in total. The van der Waals surface area contributed by atoms with E-state index in [-0.39, 0.29) is 19.7 Å². The highest BCUT2D eigenvalue weighted by atomic mass is 19.4. The molecule has 1 aliphatic rings. The molecule has 0 radical (unpaired) electrons. The molecule has 1 aliphatic heterocycles. The standard InChI is InChI=1S/C18H23F3N2O4/c1-11-4-3-5-13(8-11)27-7-6-22-16(24)12(2)23-9-14(17(25)26)15(10-23)18(19,20)21/h3-5,8,12,14-15H,6-7,9-10H2,1-2H3,(H,22,24)(H,25,26)/t12?,14-,15-/m1/s1. The fourth-order valence-corrected chi connectivity index (χ4v) is 3.09. The lowest BCUT2D eigenvalue weighted by molar-refractivity contribution is -0.188. The van der Waals surface area contributed by atoms with E-state index in [9.17, 15) is 22.8 Å². The Morgan fingerprint density at radius 1 is 1.37 bits per heavy atom. The maximum atomic E-state index is 13.0. The molecule has 0 bridgehead atoms. The number of amides is 1. The third-order valence-electron chi connectivity index (χ3n) is 4.67. The molecule has 1 aromatic carbocycles. The lowest BCUT2D eigenvalue weighted by Gasteiger charge is -2.23. The predicted molar refractivity (Wildman–Crippen MR) is 91.4 cm³/mol. The number of hydrogen-bond acceptors (Lipinski definition) is 4. The Labute approximate surface area is 155 Å². The number of benzene rings is 1. The lowest BCUT2D eigenvalue weighted by atomic mass is 9.96. The molecule has 1 unspecified atom stereocenters. The van der Waals surface area contributed by atoms with E-state index in [0.717, 1.165) is 5.56 Å². The van der Waals surface area contributed by atoms with Crippen LogP contribution in [0, 0.1) is 18.8 Å². The predicted octanol–water partition coefficient (Wildman–Crippen LogP) is 2.07. The summed E-state index contributed by atoms with van der Waals surface area (Å²) in [6.07, 6.45) is -4.62. The molecule has 1 heterocycles. The number of aryl methyl sites for hydroxylation is 1. The molecule has 150 valence electrons. The van der Waals surface area contributed by atoms with Crippen LogP contribution in [0.2, 0.25) is 0 Å². The monoisotopic (exact) mass is 388 g/mol. The number of carbonyl (C=O) groups is 2. The summed E-state index contributed by atoms with van der Waals surface area (Å²) in [6, 6.07) is 6.53. The number of rotatable bonds is 7. The minimum atomic E-state index is -4.62. The van der Waals surface area contributed by atoms with Crippen LogP contribution in [-0.4, -0.2) is 60.3 Å². The topological polar surface area (TPSA) is 78.9 Å². The second-order valence-corrected chi connectivity index (χ2v) is 6.68. The third-order valence-corrected chi connectivity index (χ3v) is 4.67. The number of nitrogens with one attached hydrogen (secondary N) is 1. The Hall–Kier alpha value is -2.29. The SMILES string of the molecule is Cc1cccc(OCCNC(=O)C(C)N2C[C@@H](C(F)(F)F)[C@H](C(=O)O)C2)c1. The fraction of sp³-hybridized carbons (Fsp3) is 0.556. The maximum Gasteiger partial charge on any atom is 0.393 e. The van der Waals surface area contributed by atoms with Crippen LogP contribution in [0.4, 0.5) is 13.2 Å². The summed E-state index contributed by atoms with van der Waals surface area (Å²) >= 11 is 0. The van der Waals surface area contributed by atoms with Crippen LogP contribution < -0.4 is 10.1 Å².